The summed E-state index contributed by atoms with van der Waals surface area (Å²) < 4.78 is 10.8. The van der Waals surface area contributed by atoms with Gasteiger partial charge in [0, 0.05) is 23.5 Å². The van der Waals surface area contributed by atoms with Crippen molar-refractivity contribution in [2.75, 3.05) is 33.9 Å². The normalized spacial score (nSPS) is 11.2. The van der Waals surface area contributed by atoms with E-state index in [0.29, 0.717) is 43.1 Å². The molecule has 0 unspecified atom stereocenters. The van der Waals surface area contributed by atoms with Crippen molar-refractivity contribution in [2.24, 2.45) is 0 Å². The fraction of sp³-hybridized carbons (Fsp3) is 0.419. The second-order valence-electron chi connectivity index (χ2n) is 10.4. The maximum Gasteiger partial charge on any atom is 0.254 e. The number of carbonyl (C=O) groups is 2. The first-order valence-electron chi connectivity index (χ1n) is 13.1. The van der Waals surface area contributed by atoms with Gasteiger partial charge in [-0.15, -0.1) is 11.3 Å². The zero-order valence-electron chi connectivity index (χ0n) is 23.5. The van der Waals surface area contributed by atoms with Gasteiger partial charge in [-0.05, 0) is 65.1 Å². The van der Waals surface area contributed by atoms with Crippen molar-refractivity contribution in [1.29, 1.82) is 0 Å². The van der Waals surface area contributed by atoms with Crippen LogP contribution < -0.4 is 9.47 Å². The van der Waals surface area contributed by atoms with Crippen molar-refractivity contribution in [1.82, 2.24) is 9.80 Å². The molecule has 0 radical (unpaired) electrons. The van der Waals surface area contributed by atoms with Crippen LogP contribution in [0, 0.1) is 0 Å². The van der Waals surface area contributed by atoms with Crippen LogP contribution in [0.2, 0.25) is 0 Å². The quantitative estimate of drug-likeness (QED) is 0.277. The molecular weight excluding hydrogens is 496 g/mol. The number of carbonyl (C=O) groups excluding carboxylic acids is 2. The van der Waals surface area contributed by atoms with Crippen LogP contribution in [0.1, 0.15) is 60.5 Å². The fourth-order valence-electron chi connectivity index (χ4n) is 4.26. The molecule has 1 aromatic heterocycles. The van der Waals surface area contributed by atoms with E-state index in [-0.39, 0.29) is 23.8 Å². The highest BCUT2D eigenvalue weighted by Crippen LogP contribution is 2.28. The average Bonchev–Trinajstić information content (AvgIpc) is 3.43. The van der Waals surface area contributed by atoms with Crippen LogP contribution in [0.3, 0.4) is 0 Å². The molecule has 204 valence electrons. The van der Waals surface area contributed by atoms with Gasteiger partial charge >= 0.3 is 0 Å². The Labute approximate surface area is 231 Å². The maximum absolute atomic E-state index is 13.6. The zero-order valence-corrected chi connectivity index (χ0v) is 24.3. The third-order valence-corrected chi connectivity index (χ3v) is 7.36. The molecule has 6 nitrogen and oxygen atoms in total. The molecule has 0 atom stereocenters. The van der Waals surface area contributed by atoms with Crippen molar-refractivity contribution >= 4 is 23.2 Å². The monoisotopic (exact) mass is 536 g/mol. The van der Waals surface area contributed by atoms with Gasteiger partial charge < -0.3 is 19.3 Å². The Morgan fingerprint density at radius 2 is 1.61 bits per heavy atom. The van der Waals surface area contributed by atoms with Gasteiger partial charge in [0.1, 0.15) is 6.54 Å². The molecule has 0 spiro atoms. The lowest BCUT2D eigenvalue weighted by molar-refractivity contribution is -0.132. The number of ether oxygens (including phenoxy) is 2. The number of hydrogen-bond acceptors (Lipinski definition) is 5. The summed E-state index contributed by atoms with van der Waals surface area (Å²) in [6.45, 7) is 10.1. The van der Waals surface area contributed by atoms with Crippen molar-refractivity contribution in [3.05, 3.63) is 81.5 Å². The van der Waals surface area contributed by atoms with E-state index in [0.717, 1.165) is 16.9 Å². The van der Waals surface area contributed by atoms with E-state index >= 15 is 0 Å². The van der Waals surface area contributed by atoms with E-state index in [1.807, 2.05) is 71.8 Å². The molecule has 0 saturated carbocycles. The third-order valence-electron chi connectivity index (χ3n) is 6.50. The highest BCUT2D eigenvalue weighted by Gasteiger charge is 2.23. The van der Waals surface area contributed by atoms with Gasteiger partial charge in [0.15, 0.2) is 11.5 Å². The van der Waals surface area contributed by atoms with E-state index in [1.54, 1.807) is 30.5 Å². The summed E-state index contributed by atoms with van der Waals surface area (Å²) in [5.41, 5.74) is 2.84. The average molecular weight is 537 g/mol. The molecule has 0 aliphatic rings. The molecule has 0 bridgehead atoms. The largest absolute Gasteiger partial charge is 0.493 e. The topological polar surface area (TPSA) is 59.1 Å². The lowest BCUT2D eigenvalue weighted by Gasteiger charge is -2.28. The minimum absolute atomic E-state index is 0.0108. The van der Waals surface area contributed by atoms with Gasteiger partial charge in [0.25, 0.3) is 5.91 Å². The maximum atomic E-state index is 13.6. The molecule has 0 N–H and O–H groups in total. The number of methoxy groups -OCH3 is 2. The Morgan fingerprint density at radius 1 is 0.895 bits per heavy atom. The number of nitrogens with zero attached hydrogens (tertiary/aromatic N) is 2. The number of thiophene rings is 1. The first kappa shape index (κ1) is 29.2. The smallest absolute Gasteiger partial charge is 0.254 e. The van der Waals surface area contributed by atoms with Crippen LogP contribution in [-0.2, 0) is 23.2 Å². The van der Waals surface area contributed by atoms with Crippen LogP contribution in [0.25, 0.3) is 0 Å². The molecule has 0 saturated heterocycles. The SMILES string of the molecule is CCCN(CC(=O)N(CCc1ccc(OC)c(OC)c1)Cc1cccs1)C(=O)c1ccc(C(C)(C)C)cc1. The van der Waals surface area contributed by atoms with Gasteiger partial charge in [-0.25, -0.2) is 0 Å². The van der Waals surface area contributed by atoms with Crippen molar-refractivity contribution in [2.45, 2.75) is 52.5 Å². The predicted molar refractivity (Wildman–Crippen MR) is 154 cm³/mol. The molecule has 3 aromatic rings. The number of hydrogen-bond donors (Lipinski definition) is 0. The molecule has 0 fully saturated rings. The standard InChI is InChI=1S/C31H40N2O4S/c1-7-17-33(30(35)24-11-13-25(14-12-24)31(2,3)4)22-29(34)32(21-26-9-8-19-38-26)18-16-23-10-15-27(36-5)28(20-23)37-6/h8-15,19-20H,7,16-18,21-22H2,1-6H3. The Bertz CT molecular complexity index is 1180. The van der Waals surface area contributed by atoms with Gasteiger partial charge in [-0.1, -0.05) is 52.0 Å². The molecule has 1 heterocycles. The molecule has 0 aliphatic carbocycles. The van der Waals surface area contributed by atoms with E-state index in [4.69, 9.17) is 9.47 Å². The Morgan fingerprint density at radius 3 is 2.18 bits per heavy atom. The summed E-state index contributed by atoms with van der Waals surface area (Å²) in [6, 6.07) is 17.6. The van der Waals surface area contributed by atoms with Crippen LogP contribution in [-0.4, -0.2) is 55.5 Å². The number of rotatable bonds is 12. The van der Waals surface area contributed by atoms with Gasteiger partial charge in [-0.2, -0.15) is 0 Å². The first-order chi connectivity index (χ1) is 18.2. The summed E-state index contributed by atoms with van der Waals surface area (Å²) in [7, 11) is 3.23. The summed E-state index contributed by atoms with van der Waals surface area (Å²) in [5.74, 6) is 1.16. The molecule has 0 aliphatic heterocycles. The van der Waals surface area contributed by atoms with Crippen LogP contribution >= 0.6 is 11.3 Å². The van der Waals surface area contributed by atoms with Crippen LogP contribution in [0.15, 0.2) is 60.0 Å². The molecule has 7 heteroatoms. The van der Waals surface area contributed by atoms with E-state index in [2.05, 4.69) is 20.8 Å². The molecule has 3 rings (SSSR count). The van der Waals surface area contributed by atoms with Crippen LogP contribution in [0.4, 0.5) is 0 Å². The predicted octanol–water partition coefficient (Wildman–Crippen LogP) is 6.19. The summed E-state index contributed by atoms with van der Waals surface area (Å²) in [4.78, 5) is 31.7. The lowest BCUT2D eigenvalue weighted by Crippen LogP contribution is -2.43. The number of amides is 2. The Balaban J connectivity index is 1.76. The second kappa shape index (κ2) is 13.5. The summed E-state index contributed by atoms with van der Waals surface area (Å²) in [6.07, 6.45) is 1.43. The molecule has 2 aromatic carbocycles. The van der Waals surface area contributed by atoms with Gasteiger partial charge in [-0.3, -0.25) is 9.59 Å². The minimum Gasteiger partial charge on any atom is -0.493 e. The van der Waals surface area contributed by atoms with E-state index < -0.39 is 0 Å². The van der Waals surface area contributed by atoms with E-state index in [1.165, 1.54) is 5.56 Å². The first-order valence-corrected chi connectivity index (χ1v) is 13.9. The number of benzene rings is 2. The molecule has 2 amide bonds. The third kappa shape index (κ3) is 7.84. The summed E-state index contributed by atoms with van der Waals surface area (Å²) >= 11 is 1.63. The Kier molecular flexibility index (Phi) is 10.4. The van der Waals surface area contributed by atoms with Gasteiger partial charge in [0.05, 0.1) is 20.8 Å². The van der Waals surface area contributed by atoms with Gasteiger partial charge in [0.2, 0.25) is 5.91 Å². The zero-order chi connectivity index (χ0) is 27.7. The highest BCUT2D eigenvalue weighted by atomic mass is 32.1. The second-order valence-corrected chi connectivity index (χ2v) is 11.4. The Hall–Kier alpha value is -3.32. The van der Waals surface area contributed by atoms with E-state index in [9.17, 15) is 9.59 Å². The van der Waals surface area contributed by atoms with Crippen LogP contribution in [0.5, 0.6) is 11.5 Å². The van der Waals surface area contributed by atoms with Crippen molar-refractivity contribution < 1.29 is 19.1 Å². The molecule has 38 heavy (non-hydrogen) atoms. The fourth-order valence-corrected chi connectivity index (χ4v) is 4.98. The molecular formula is C31H40N2O4S. The van der Waals surface area contributed by atoms with Crippen molar-refractivity contribution in [3.63, 3.8) is 0 Å². The lowest BCUT2D eigenvalue weighted by atomic mass is 9.86. The highest BCUT2D eigenvalue weighted by molar-refractivity contribution is 7.09. The summed E-state index contributed by atoms with van der Waals surface area (Å²) in [5, 5.41) is 2.01. The minimum atomic E-state index is -0.114. The van der Waals surface area contributed by atoms with Crippen molar-refractivity contribution in [3.8, 4) is 11.5 Å².